The van der Waals surface area contributed by atoms with Gasteiger partial charge >= 0.3 is 5.97 Å². The number of ether oxygens (including phenoxy) is 1. The topological polar surface area (TPSA) is 26.3 Å². The highest BCUT2D eigenvalue weighted by Gasteiger charge is 2.26. The monoisotopic (exact) mass is 254 g/mol. The van der Waals surface area contributed by atoms with Gasteiger partial charge in [-0.2, -0.15) is 11.8 Å². The van der Waals surface area contributed by atoms with Crippen LogP contribution in [-0.2, 0) is 9.53 Å². The van der Waals surface area contributed by atoms with Crippen LogP contribution >= 0.6 is 11.8 Å². The number of esters is 1. The average molecular weight is 254 g/mol. The molecule has 0 aliphatic heterocycles. The molecule has 0 radical (unpaired) electrons. The second-order valence-corrected chi connectivity index (χ2v) is 4.67. The lowest BCUT2D eigenvalue weighted by Gasteiger charge is -2.14. The van der Waals surface area contributed by atoms with E-state index in [-0.39, 0.29) is 24.6 Å². The maximum Gasteiger partial charge on any atom is 0.315 e. The lowest BCUT2D eigenvalue weighted by Crippen LogP contribution is -2.15. The zero-order chi connectivity index (χ0) is 12.4. The fourth-order valence-corrected chi connectivity index (χ4v) is 2.02. The Bertz CT molecular complexity index is 198. The van der Waals surface area contributed by atoms with Crippen LogP contribution in [0.1, 0.15) is 39.5 Å². The van der Waals surface area contributed by atoms with E-state index in [1.165, 1.54) is 11.8 Å². The van der Waals surface area contributed by atoms with Crippen molar-refractivity contribution in [3.8, 4) is 0 Å². The highest BCUT2D eigenvalue weighted by molar-refractivity contribution is 7.99. The number of thioether (sulfide) groups is 1. The third-order valence-corrected chi connectivity index (χ3v) is 2.99. The van der Waals surface area contributed by atoms with E-state index in [1.54, 1.807) is 13.8 Å². The van der Waals surface area contributed by atoms with Crippen LogP contribution in [0.15, 0.2) is 0 Å². The molecule has 0 aromatic carbocycles. The number of halogens is 2. The average Bonchev–Trinajstić information content (AvgIpc) is 2.17. The van der Waals surface area contributed by atoms with Crippen LogP contribution in [-0.4, -0.2) is 30.0 Å². The predicted molar refractivity (Wildman–Crippen MR) is 63.0 cm³/mol. The fourth-order valence-electron chi connectivity index (χ4n) is 1.28. The first-order valence-electron chi connectivity index (χ1n) is 5.63. The SMILES string of the molecule is CCCC(F)(F)CCCSCC(=O)OCC. The molecular weight excluding hydrogens is 234 g/mol. The molecule has 0 N–H and O–H groups in total. The number of carbonyl (C=O) groups is 1. The van der Waals surface area contributed by atoms with Gasteiger partial charge in [-0.25, -0.2) is 8.78 Å². The van der Waals surface area contributed by atoms with E-state index in [4.69, 9.17) is 4.74 Å². The molecule has 0 saturated heterocycles. The molecule has 5 heteroatoms. The summed E-state index contributed by atoms with van der Waals surface area (Å²) >= 11 is 1.35. The molecule has 16 heavy (non-hydrogen) atoms. The number of rotatable bonds is 9. The molecule has 2 nitrogen and oxygen atoms in total. The molecule has 0 amide bonds. The quantitative estimate of drug-likeness (QED) is 0.465. The van der Waals surface area contributed by atoms with E-state index in [0.29, 0.717) is 25.2 Å². The Hall–Kier alpha value is -0.320. The first-order valence-corrected chi connectivity index (χ1v) is 6.78. The summed E-state index contributed by atoms with van der Waals surface area (Å²) in [7, 11) is 0. The lowest BCUT2D eigenvalue weighted by molar-refractivity contribution is -0.139. The highest BCUT2D eigenvalue weighted by Crippen LogP contribution is 2.26. The van der Waals surface area contributed by atoms with Crippen molar-refractivity contribution in [1.82, 2.24) is 0 Å². The normalized spacial score (nSPS) is 11.5. The largest absolute Gasteiger partial charge is 0.465 e. The molecule has 0 saturated carbocycles. The van der Waals surface area contributed by atoms with Gasteiger partial charge in [0.2, 0.25) is 5.92 Å². The van der Waals surface area contributed by atoms with Gasteiger partial charge in [-0.1, -0.05) is 13.3 Å². The molecule has 96 valence electrons. The van der Waals surface area contributed by atoms with Crippen LogP contribution in [0.4, 0.5) is 8.78 Å². The van der Waals surface area contributed by atoms with Crippen molar-refractivity contribution in [2.75, 3.05) is 18.1 Å². The van der Waals surface area contributed by atoms with Crippen molar-refractivity contribution in [3.05, 3.63) is 0 Å². The van der Waals surface area contributed by atoms with Crippen LogP contribution < -0.4 is 0 Å². The molecule has 0 heterocycles. The standard InChI is InChI=1S/C11H20F2O2S/c1-3-6-11(12,13)7-5-8-16-9-10(14)15-4-2/h3-9H2,1-2H3. The summed E-state index contributed by atoms with van der Waals surface area (Å²) in [6, 6.07) is 0. The summed E-state index contributed by atoms with van der Waals surface area (Å²) < 4.78 is 30.8. The Morgan fingerprint density at radius 2 is 2.00 bits per heavy atom. The fraction of sp³-hybridized carbons (Fsp3) is 0.909. The second kappa shape index (κ2) is 8.79. The van der Waals surface area contributed by atoms with Gasteiger partial charge in [0.05, 0.1) is 12.4 Å². The van der Waals surface area contributed by atoms with Crippen LogP contribution in [0.3, 0.4) is 0 Å². The molecule has 0 unspecified atom stereocenters. The zero-order valence-electron chi connectivity index (χ0n) is 9.93. The van der Waals surface area contributed by atoms with Crippen molar-refractivity contribution in [3.63, 3.8) is 0 Å². The van der Waals surface area contributed by atoms with Gasteiger partial charge in [0.1, 0.15) is 0 Å². The molecule has 0 aromatic heterocycles. The minimum atomic E-state index is -2.54. The number of carbonyl (C=O) groups excluding carboxylic acids is 1. The van der Waals surface area contributed by atoms with Gasteiger partial charge in [0.15, 0.2) is 0 Å². The van der Waals surface area contributed by atoms with Gasteiger partial charge in [-0.3, -0.25) is 4.79 Å². The van der Waals surface area contributed by atoms with Crippen molar-refractivity contribution >= 4 is 17.7 Å². The zero-order valence-corrected chi connectivity index (χ0v) is 10.7. The van der Waals surface area contributed by atoms with E-state index < -0.39 is 5.92 Å². The summed E-state index contributed by atoms with van der Waals surface area (Å²) in [4.78, 5) is 10.9. The third kappa shape index (κ3) is 8.95. The molecule has 0 bridgehead atoms. The molecular formula is C11H20F2O2S. The minimum absolute atomic E-state index is 0.0461. The van der Waals surface area contributed by atoms with E-state index in [2.05, 4.69) is 0 Å². The minimum Gasteiger partial charge on any atom is -0.465 e. The summed E-state index contributed by atoms with van der Waals surface area (Å²) in [5.41, 5.74) is 0. The Labute approximate surface area is 100 Å². The third-order valence-electron chi connectivity index (χ3n) is 1.97. The van der Waals surface area contributed by atoms with E-state index in [1.807, 2.05) is 0 Å². The second-order valence-electron chi connectivity index (χ2n) is 3.57. The lowest BCUT2D eigenvalue weighted by atomic mass is 10.1. The van der Waals surface area contributed by atoms with Crippen LogP contribution in [0, 0.1) is 0 Å². The van der Waals surface area contributed by atoms with Crippen molar-refractivity contribution in [2.45, 2.75) is 45.5 Å². The molecule has 0 aliphatic carbocycles. The molecule has 0 rings (SSSR count). The maximum absolute atomic E-state index is 13.0. The molecule has 0 atom stereocenters. The number of hydrogen-bond acceptors (Lipinski definition) is 3. The highest BCUT2D eigenvalue weighted by atomic mass is 32.2. The summed E-state index contributed by atoms with van der Waals surface area (Å²) in [5, 5.41) is 0. The van der Waals surface area contributed by atoms with Crippen molar-refractivity contribution in [1.29, 1.82) is 0 Å². The first kappa shape index (κ1) is 15.7. The van der Waals surface area contributed by atoms with Crippen molar-refractivity contribution in [2.24, 2.45) is 0 Å². The Morgan fingerprint density at radius 3 is 2.56 bits per heavy atom. The van der Waals surface area contributed by atoms with Gasteiger partial charge in [-0.05, 0) is 19.1 Å². The van der Waals surface area contributed by atoms with E-state index >= 15 is 0 Å². The summed E-state index contributed by atoms with van der Waals surface area (Å²) in [6.07, 6.45) is 0.812. The smallest absolute Gasteiger partial charge is 0.315 e. The maximum atomic E-state index is 13.0. The van der Waals surface area contributed by atoms with E-state index in [9.17, 15) is 13.6 Å². The van der Waals surface area contributed by atoms with Gasteiger partial charge in [0.25, 0.3) is 0 Å². The molecule has 0 aliphatic rings. The molecule has 0 aromatic rings. The van der Waals surface area contributed by atoms with Crippen LogP contribution in [0.25, 0.3) is 0 Å². The summed E-state index contributed by atoms with van der Waals surface area (Å²) in [6.45, 7) is 3.87. The Kier molecular flexibility index (Phi) is 8.61. The first-order chi connectivity index (χ1) is 7.52. The summed E-state index contributed by atoms with van der Waals surface area (Å²) in [5.74, 6) is -1.97. The van der Waals surface area contributed by atoms with E-state index in [0.717, 1.165) is 0 Å². The molecule has 0 fully saturated rings. The molecule has 0 spiro atoms. The number of alkyl halides is 2. The Balaban J connectivity index is 3.42. The number of hydrogen-bond donors (Lipinski definition) is 0. The predicted octanol–water partition coefficient (Wildman–Crippen LogP) is 3.50. The van der Waals surface area contributed by atoms with Gasteiger partial charge < -0.3 is 4.74 Å². The van der Waals surface area contributed by atoms with Gasteiger partial charge in [0, 0.05) is 12.8 Å². The van der Waals surface area contributed by atoms with Gasteiger partial charge in [-0.15, -0.1) is 0 Å². The van der Waals surface area contributed by atoms with Crippen LogP contribution in [0.2, 0.25) is 0 Å². The van der Waals surface area contributed by atoms with Crippen molar-refractivity contribution < 1.29 is 18.3 Å². The Morgan fingerprint density at radius 1 is 1.31 bits per heavy atom. The van der Waals surface area contributed by atoms with Crippen LogP contribution in [0.5, 0.6) is 0 Å².